The fourth-order valence-electron chi connectivity index (χ4n) is 3.67. The van der Waals surface area contributed by atoms with E-state index in [1.165, 1.54) is 11.2 Å². The highest BCUT2D eigenvalue weighted by molar-refractivity contribution is 5.94. The highest BCUT2D eigenvalue weighted by Gasteiger charge is 2.38. The molecular formula is C17H23N5O4. The predicted octanol–water partition coefficient (Wildman–Crippen LogP) is -0.717. The Bertz CT molecular complexity index is 702. The summed E-state index contributed by atoms with van der Waals surface area (Å²) in [6.07, 6.45) is 5.65. The van der Waals surface area contributed by atoms with E-state index in [9.17, 15) is 19.2 Å². The number of nitrogens with zero attached hydrogens (tertiary/aromatic N) is 2. The molecule has 2 aliphatic rings. The maximum absolute atomic E-state index is 13.0. The van der Waals surface area contributed by atoms with Gasteiger partial charge >= 0.3 is 0 Å². The molecule has 0 spiro atoms. The number of rotatable bonds is 6. The Balaban J connectivity index is 1.74. The lowest BCUT2D eigenvalue weighted by Crippen LogP contribution is -2.54. The number of amides is 3. The second-order valence-corrected chi connectivity index (χ2v) is 6.91. The summed E-state index contributed by atoms with van der Waals surface area (Å²) in [5.74, 6) is -1.51. The van der Waals surface area contributed by atoms with Gasteiger partial charge in [-0.15, -0.1) is 0 Å². The minimum atomic E-state index is -0.835. The van der Waals surface area contributed by atoms with Crippen molar-refractivity contribution >= 4 is 23.5 Å². The number of nitrogens with two attached hydrogens (primary N) is 1. The van der Waals surface area contributed by atoms with E-state index in [1.807, 2.05) is 0 Å². The number of Topliss-reactive ketones (excluding diaryl/α,β-unsaturated/α-hetero) is 1. The molecule has 1 aliphatic heterocycles. The number of primary amides is 1. The molecule has 1 saturated heterocycles. The molecule has 4 N–H and O–H groups in total. The van der Waals surface area contributed by atoms with Crippen molar-refractivity contribution in [2.45, 2.75) is 50.6 Å². The molecule has 1 aromatic heterocycles. The number of H-pyrrole nitrogens is 1. The predicted molar refractivity (Wildman–Crippen MR) is 90.5 cm³/mol. The quantitative estimate of drug-likeness (QED) is 0.614. The van der Waals surface area contributed by atoms with E-state index in [1.54, 1.807) is 6.20 Å². The number of hydrogen-bond donors (Lipinski definition) is 3. The van der Waals surface area contributed by atoms with Gasteiger partial charge in [0.25, 0.3) is 0 Å². The topological polar surface area (TPSA) is 138 Å². The SMILES string of the molecule is NC(=O)[C@@H]1CCCN1C(=O)[C@H](Cc1cnc[nH]1)NC(=O)[C@H]1CCC(=O)C1. The van der Waals surface area contributed by atoms with Gasteiger partial charge in [0, 0.05) is 43.6 Å². The second kappa shape index (κ2) is 7.67. The van der Waals surface area contributed by atoms with E-state index in [0.29, 0.717) is 37.9 Å². The van der Waals surface area contributed by atoms with Crippen molar-refractivity contribution in [1.29, 1.82) is 0 Å². The Morgan fingerprint density at radius 2 is 2.19 bits per heavy atom. The van der Waals surface area contributed by atoms with Gasteiger partial charge in [-0.05, 0) is 19.3 Å². The highest BCUT2D eigenvalue weighted by atomic mass is 16.2. The zero-order valence-corrected chi connectivity index (χ0v) is 14.4. The largest absolute Gasteiger partial charge is 0.368 e. The summed E-state index contributed by atoms with van der Waals surface area (Å²) in [4.78, 5) is 56.9. The van der Waals surface area contributed by atoms with Crippen LogP contribution in [0.25, 0.3) is 0 Å². The molecule has 0 unspecified atom stereocenters. The first kappa shape index (κ1) is 18.1. The standard InChI is InChI=1S/C17H23N5O4/c18-15(24)14-2-1-5-22(14)17(26)13(7-11-8-19-9-20-11)21-16(25)10-3-4-12(23)6-10/h8-10,13-14H,1-7H2,(H2,18,24)(H,19,20)(H,21,25)/t10-,13-,14-/m0/s1. The van der Waals surface area contributed by atoms with Crippen molar-refractivity contribution in [2.75, 3.05) is 6.54 Å². The van der Waals surface area contributed by atoms with E-state index in [4.69, 9.17) is 5.73 Å². The van der Waals surface area contributed by atoms with Crippen molar-refractivity contribution in [3.63, 3.8) is 0 Å². The summed E-state index contributed by atoms with van der Waals surface area (Å²) in [6.45, 7) is 0.434. The first-order chi connectivity index (χ1) is 12.5. The maximum atomic E-state index is 13.0. The zero-order valence-electron chi connectivity index (χ0n) is 14.4. The van der Waals surface area contributed by atoms with Crippen LogP contribution in [-0.2, 0) is 25.6 Å². The van der Waals surface area contributed by atoms with E-state index in [-0.39, 0.29) is 30.4 Å². The number of imidazole rings is 1. The molecule has 1 aliphatic carbocycles. The number of hydrogen-bond acceptors (Lipinski definition) is 5. The molecule has 0 radical (unpaired) electrons. The molecule has 1 saturated carbocycles. The smallest absolute Gasteiger partial charge is 0.246 e. The van der Waals surface area contributed by atoms with Crippen LogP contribution < -0.4 is 11.1 Å². The average Bonchev–Trinajstić information content (AvgIpc) is 3.34. The number of nitrogens with one attached hydrogen (secondary N) is 2. The van der Waals surface area contributed by atoms with E-state index >= 15 is 0 Å². The number of likely N-dealkylation sites (tertiary alicyclic amines) is 1. The highest BCUT2D eigenvalue weighted by Crippen LogP contribution is 2.23. The monoisotopic (exact) mass is 361 g/mol. The van der Waals surface area contributed by atoms with Gasteiger partial charge in [-0.3, -0.25) is 19.2 Å². The van der Waals surface area contributed by atoms with Crippen LogP contribution in [0.15, 0.2) is 12.5 Å². The van der Waals surface area contributed by atoms with Gasteiger partial charge in [-0.2, -0.15) is 0 Å². The minimum Gasteiger partial charge on any atom is -0.368 e. The summed E-state index contributed by atoms with van der Waals surface area (Å²) < 4.78 is 0. The third kappa shape index (κ3) is 3.92. The van der Waals surface area contributed by atoms with Gasteiger partial charge in [-0.1, -0.05) is 0 Å². The summed E-state index contributed by atoms with van der Waals surface area (Å²) >= 11 is 0. The maximum Gasteiger partial charge on any atom is 0.246 e. The third-order valence-electron chi connectivity index (χ3n) is 5.07. The van der Waals surface area contributed by atoms with Crippen molar-refractivity contribution in [3.8, 4) is 0 Å². The van der Waals surface area contributed by atoms with Crippen LogP contribution in [0.1, 0.15) is 37.8 Å². The Morgan fingerprint density at radius 3 is 2.81 bits per heavy atom. The van der Waals surface area contributed by atoms with Gasteiger partial charge in [0.05, 0.1) is 6.33 Å². The number of aromatic amines is 1. The minimum absolute atomic E-state index is 0.0647. The number of carbonyl (C=O) groups is 4. The molecule has 1 aromatic rings. The van der Waals surface area contributed by atoms with E-state index in [2.05, 4.69) is 15.3 Å². The molecule has 9 nitrogen and oxygen atoms in total. The van der Waals surface area contributed by atoms with E-state index in [0.717, 1.165) is 0 Å². The first-order valence-corrected chi connectivity index (χ1v) is 8.85. The zero-order chi connectivity index (χ0) is 18.7. The Hall–Kier alpha value is -2.71. The van der Waals surface area contributed by atoms with Gasteiger partial charge in [0.2, 0.25) is 17.7 Å². The Morgan fingerprint density at radius 1 is 1.38 bits per heavy atom. The van der Waals surface area contributed by atoms with Crippen molar-refractivity contribution in [2.24, 2.45) is 11.7 Å². The van der Waals surface area contributed by atoms with Gasteiger partial charge in [-0.25, -0.2) is 4.98 Å². The van der Waals surface area contributed by atoms with Crippen LogP contribution in [0.5, 0.6) is 0 Å². The van der Waals surface area contributed by atoms with Gasteiger partial charge in [0.1, 0.15) is 17.9 Å². The van der Waals surface area contributed by atoms with Crippen molar-refractivity contribution in [1.82, 2.24) is 20.2 Å². The molecule has 140 valence electrons. The van der Waals surface area contributed by atoms with Crippen LogP contribution >= 0.6 is 0 Å². The molecule has 3 amide bonds. The van der Waals surface area contributed by atoms with Gasteiger partial charge in [0.15, 0.2) is 0 Å². The Labute approximate surface area is 150 Å². The summed E-state index contributed by atoms with van der Waals surface area (Å²) in [5, 5.41) is 2.77. The van der Waals surface area contributed by atoms with E-state index < -0.39 is 23.9 Å². The number of carbonyl (C=O) groups excluding carboxylic acids is 4. The molecule has 9 heteroatoms. The summed E-state index contributed by atoms with van der Waals surface area (Å²) in [5.41, 5.74) is 6.10. The lowest BCUT2D eigenvalue weighted by atomic mass is 10.0. The first-order valence-electron chi connectivity index (χ1n) is 8.85. The van der Waals surface area contributed by atoms with Gasteiger partial charge < -0.3 is 20.9 Å². The fraction of sp³-hybridized carbons (Fsp3) is 0.588. The molecular weight excluding hydrogens is 338 g/mol. The second-order valence-electron chi connectivity index (χ2n) is 6.91. The van der Waals surface area contributed by atoms with Crippen LogP contribution in [0, 0.1) is 5.92 Å². The molecule has 2 fully saturated rings. The molecule has 2 heterocycles. The lowest BCUT2D eigenvalue weighted by molar-refractivity contribution is -0.141. The molecule has 0 bridgehead atoms. The molecule has 3 rings (SSSR count). The van der Waals surface area contributed by atoms with Crippen molar-refractivity contribution < 1.29 is 19.2 Å². The number of ketones is 1. The summed E-state index contributed by atoms with van der Waals surface area (Å²) in [7, 11) is 0. The molecule has 26 heavy (non-hydrogen) atoms. The van der Waals surface area contributed by atoms with Crippen LogP contribution in [0.3, 0.4) is 0 Å². The summed E-state index contributed by atoms with van der Waals surface area (Å²) in [6, 6.07) is -1.48. The number of aromatic nitrogens is 2. The molecule has 3 atom stereocenters. The van der Waals surface area contributed by atoms with Crippen molar-refractivity contribution in [3.05, 3.63) is 18.2 Å². The van der Waals surface area contributed by atoms with Crippen LogP contribution in [-0.4, -0.2) is 57.0 Å². The lowest BCUT2D eigenvalue weighted by Gasteiger charge is -2.28. The fourth-order valence-corrected chi connectivity index (χ4v) is 3.67. The molecule has 0 aromatic carbocycles. The Kier molecular flexibility index (Phi) is 5.34. The van der Waals surface area contributed by atoms with Crippen LogP contribution in [0.4, 0.5) is 0 Å². The third-order valence-corrected chi connectivity index (χ3v) is 5.07. The van der Waals surface area contributed by atoms with Crippen LogP contribution in [0.2, 0.25) is 0 Å². The normalized spacial score (nSPS) is 23.8. The average molecular weight is 361 g/mol.